The quantitative estimate of drug-likeness (QED) is 0.838. The summed E-state index contributed by atoms with van der Waals surface area (Å²) < 4.78 is 5.39. The number of nitrogens with one attached hydrogen (secondary N) is 2. The zero-order valence-corrected chi connectivity index (χ0v) is 12.9. The fourth-order valence-corrected chi connectivity index (χ4v) is 2.37. The van der Waals surface area contributed by atoms with Gasteiger partial charge in [-0.15, -0.1) is 0 Å². The Hall–Kier alpha value is -1.59. The Balaban J connectivity index is 2.03. The highest BCUT2D eigenvalue weighted by Gasteiger charge is 2.18. The molecule has 1 aliphatic rings. The lowest BCUT2D eigenvalue weighted by Gasteiger charge is -2.30. The molecule has 1 aliphatic heterocycles. The van der Waals surface area contributed by atoms with E-state index in [1.54, 1.807) is 0 Å². The van der Waals surface area contributed by atoms with Crippen molar-refractivity contribution in [2.24, 2.45) is 5.92 Å². The number of anilines is 2. The van der Waals surface area contributed by atoms with Gasteiger partial charge in [0, 0.05) is 25.6 Å². The van der Waals surface area contributed by atoms with Crippen LogP contribution in [0.4, 0.5) is 11.4 Å². The maximum Gasteiger partial charge on any atom is 0.228 e. The van der Waals surface area contributed by atoms with E-state index < -0.39 is 0 Å². The Morgan fingerprint density at radius 2 is 2.05 bits per heavy atom. The second-order valence-electron chi connectivity index (χ2n) is 5.31. The van der Waals surface area contributed by atoms with Gasteiger partial charge in [0.15, 0.2) is 0 Å². The van der Waals surface area contributed by atoms with Crippen molar-refractivity contribution in [3.05, 3.63) is 24.3 Å². The highest BCUT2D eigenvalue weighted by Crippen LogP contribution is 2.26. The standard InChI is InChI=1S/C16H25N3O2/c1-3-17-12-13(2)16(20)18-14-6-4-5-7-15(14)19-8-10-21-11-9-19/h4-7,13,17H,3,8-12H2,1-2H3,(H,18,20). The lowest BCUT2D eigenvalue weighted by molar-refractivity contribution is -0.119. The van der Waals surface area contributed by atoms with E-state index in [1.165, 1.54) is 0 Å². The second kappa shape index (κ2) is 8.00. The van der Waals surface area contributed by atoms with Gasteiger partial charge in [-0.2, -0.15) is 0 Å². The van der Waals surface area contributed by atoms with E-state index in [4.69, 9.17) is 4.74 Å². The van der Waals surface area contributed by atoms with Crippen molar-refractivity contribution in [2.45, 2.75) is 13.8 Å². The summed E-state index contributed by atoms with van der Waals surface area (Å²) in [6.07, 6.45) is 0. The molecule has 2 N–H and O–H groups in total. The molecule has 0 bridgehead atoms. The number of morpholine rings is 1. The topological polar surface area (TPSA) is 53.6 Å². The molecule has 1 fully saturated rings. The summed E-state index contributed by atoms with van der Waals surface area (Å²) in [7, 11) is 0. The van der Waals surface area contributed by atoms with Crippen LogP contribution in [0.1, 0.15) is 13.8 Å². The summed E-state index contributed by atoms with van der Waals surface area (Å²) in [4.78, 5) is 14.5. The van der Waals surface area contributed by atoms with Gasteiger partial charge in [0.1, 0.15) is 0 Å². The molecule has 21 heavy (non-hydrogen) atoms. The van der Waals surface area contributed by atoms with Crippen LogP contribution in [0.15, 0.2) is 24.3 Å². The maximum absolute atomic E-state index is 12.3. The van der Waals surface area contributed by atoms with Gasteiger partial charge in [-0.05, 0) is 18.7 Å². The number of carbonyl (C=O) groups excluding carboxylic acids is 1. The Labute approximate surface area is 126 Å². The molecule has 5 nitrogen and oxygen atoms in total. The molecule has 1 aromatic carbocycles. The minimum atomic E-state index is -0.0531. The molecule has 0 radical (unpaired) electrons. The lowest BCUT2D eigenvalue weighted by atomic mass is 10.1. The molecule has 1 amide bonds. The van der Waals surface area contributed by atoms with Crippen LogP contribution < -0.4 is 15.5 Å². The van der Waals surface area contributed by atoms with Crippen molar-refractivity contribution < 1.29 is 9.53 Å². The van der Waals surface area contributed by atoms with Crippen molar-refractivity contribution in [3.8, 4) is 0 Å². The van der Waals surface area contributed by atoms with Gasteiger partial charge in [-0.25, -0.2) is 0 Å². The molecule has 5 heteroatoms. The molecule has 0 aromatic heterocycles. The van der Waals surface area contributed by atoms with Crippen LogP contribution in [0.5, 0.6) is 0 Å². The summed E-state index contributed by atoms with van der Waals surface area (Å²) in [5, 5.41) is 6.26. The Morgan fingerprint density at radius 1 is 1.33 bits per heavy atom. The van der Waals surface area contributed by atoms with Gasteiger partial charge in [-0.3, -0.25) is 4.79 Å². The molecule has 1 unspecified atom stereocenters. The first-order valence-corrected chi connectivity index (χ1v) is 7.65. The predicted molar refractivity (Wildman–Crippen MR) is 85.8 cm³/mol. The maximum atomic E-state index is 12.3. The van der Waals surface area contributed by atoms with Crippen LogP contribution in [-0.4, -0.2) is 45.3 Å². The van der Waals surface area contributed by atoms with Crippen LogP contribution in [0.3, 0.4) is 0 Å². The summed E-state index contributed by atoms with van der Waals surface area (Å²) >= 11 is 0. The smallest absolute Gasteiger partial charge is 0.228 e. The van der Waals surface area contributed by atoms with Crippen LogP contribution in [0.2, 0.25) is 0 Å². The highest BCUT2D eigenvalue weighted by molar-refractivity contribution is 5.95. The third-order valence-corrected chi connectivity index (χ3v) is 3.66. The molecule has 2 rings (SSSR count). The summed E-state index contributed by atoms with van der Waals surface area (Å²) in [5.41, 5.74) is 1.96. The Bertz CT molecular complexity index is 459. The normalized spacial score (nSPS) is 16.6. The molecular weight excluding hydrogens is 266 g/mol. The number of hydrogen-bond donors (Lipinski definition) is 2. The van der Waals surface area contributed by atoms with E-state index >= 15 is 0 Å². The first-order valence-electron chi connectivity index (χ1n) is 7.65. The van der Waals surface area contributed by atoms with Gasteiger partial charge >= 0.3 is 0 Å². The van der Waals surface area contributed by atoms with E-state index in [0.29, 0.717) is 6.54 Å². The third-order valence-electron chi connectivity index (χ3n) is 3.66. The van der Waals surface area contributed by atoms with Crippen molar-refractivity contribution in [1.82, 2.24) is 5.32 Å². The molecule has 0 saturated carbocycles. The molecule has 0 aliphatic carbocycles. The number of para-hydroxylation sites is 2. The number of amides is 1. The monoisotopic (exact) mass is 291 g/mol. The van der Waals surface area contributed by atoms with Gasteiger partial charge in [0.2, 0.25) is 5.91 Å². The zero-order valence-electron chi connectivity index (χ0n) is 12.9. The molecule has 1 aromatic rings. The second-order valence-corrected chi connectivity index (χ2v) is 5.31. The number of rotatable bonds is 6. The van der Waals surface area contributed by atoms with Crippen LogP contribution in [-0.2, 0) is 9.53 Å². The summed E-state index contributed by atoms with van der Waals surface area (Å²) in [6.45, 7) is 8.75. The largest absolute Gasteiger partial charge is 0.378 e. The van der Waals surface area contributed by atoms with E-state index in [9.17, 15) is 4.79 Å². The highest BCUT2D eigenvalue weighted by atomic mass is 16.5. The summed E-state index contributed by atoms with van der Waals surface area (Å²) in [5.74, 6) is -0.000597. The average molecular weight is 291 g/mol. The molecule has 116 valence electrons. The van der Waals surface area contributed by atoms with Gasteiger partial charge in [0.25, 0.3) is 0 Å². The first-order chi connectivity index (χ1) is 10.2. The van der Waals surface area contributed by atoms with Crippen molar-refractivity contribution in [3.63, 3.8) is 0 Å². The molecule has 1 atom stereocenters. The van der Waals surface area contributed by atoms with E-state index in [0.717, 1.165) is 44.2 Å². The minimum Gasteiger partial charge on any atom is -0.378 e. The van der Waals surface area contributed by atoms with E-state index in [2.05, 4.69) is 21.6 Å². The zero-order chi connectivity index (χ0) is 15.1. The fraction of sp³-hybridized carbons (Fsp3) is 0.562. The van der Waals surface area contributed by atoms with Crippen LogP contribution >= 0.6 is 0 Å². The van der Waals surface area contributed by atoms with Crippen molar-refractivity contribution in [2.75, 3.05) is 49.6 Å². The minimum absolute atomic E-state index is 0.0525. The number of ether oxygens (including phenoxy) is 1. The molecule has 1 saturated heterocycles. The molecule has 0 spiro atoms. The van der Waals surface area contributed by atoms with E-state index in [-0.39, 0.29) is 11.8 Å². The van der Waals surface area contributed by atoms with E-state index in [1.807, 2.05) is 32.0 Å². The van der Waals surface area contributed by atoms with Gasteiger partial charge in [-0.1, -0.05) is 26.0 Å². The molecule has 1 heterocycles. The SMILES string of the molecule is CCNCC(C)C(=O)Nc1ccccc1N1CCOCC1. The van der Waals surface area contributed by atoms with Crippen LogP contribution in [0.25, 0.3) is 0 Å². The molecular formula is C16H25N3O2. The number of benzene rings is 1. The van der Waals surface area contributed by atoms with Crippen LogP contribution in [0, 0.1) is 5.92 Å². The fourth-order valence-electron chi connectivity index (χ4n) is 2.37. The Morgan fingerprint density at radius 3 is 2.76 bits per heavy atom. The van der Waals surface area contributed by atoms with Gasteiger partial charge < -0.3 is 20.3 Å². The third kappa shape index (κ3) is 4.44. The van der Waals surface area contributed by atoms with Crippen molar-refractivity contribution in [1.29, 1.82) is 0 Å². The number of nitrogens with zero attached hydrogens (tertiary/aromatic N) is 1. The van der Waals surface area contributed by atoms with Gasteiger partial charge in [0.05, 0.1) is 24.6 Å². The number of hydrogen-bond acceptors (Lipinski definition) is 4. The lowest BCUT2D eigenvalue weighted by Crippen LogP contribution is -2.37. The number of carbonyl (C=O) groups is 1. The Kier molecular flexibility index (Phi) is 6.02. The predicted octanol–water partition coefficient (Wildman–Crippen LogP) is 1.71. The first kappa shape index (κ1) is 15.8. The average Bonchev–Trinajstić information content (AvgIpc) is 2.54. The van der Waals surface area contributed by atoms with Crippen molar-refractivity contribution >= 4 is 17.3 Å². The summed E-state index contributed by atoms with van der Waals surface area (Å²) in [6, 6.07) is 7.97.